The molecule has 2 fully saturated rings. The van der Waals surface area contributed by atoms with Gasteiger partial charge in [-0.1, -0.05) is 26.7 Å². The van der Waals surface area contributed by atoms with E-state index in [1.54, 1.807) is 0 Å². The summed E-state index contributed by atoms with van der Waals surface area (Å²) in [6, 6.07) is 1.54. The zero-order chi connectivity index (χ0) is 12.3. The van der Waals surface area contributed by atoms with Crippen molar-refractivity contribution in [3.05, 3.63) is 0 Å². The lowest BCUT2D eigenvalue weighted by Crippen LogP contribution is -2.47. The van der Waals surface area contributed by atoms with Crippen molar-refractivity contribution in [1.29, 1.82) is 0 Å². The molecular weight excluding hydrogens is 208 g/mol. The van der Waals surface area contributed by atoms with Crippen molar-refractivity contribution in [3.63, 3.8) is 0 Å². The van der Waals surface area contributed by atoms with Gasteiger partial charge in [-0.3, -0.25) is 4.90 Å². The van der Waals surface area contributed by atoms with Crippen LogP contribution >= 0.6 is 0 Å². The Hall–Kier alpha value is -0.0800. The smallest absolute Gasteiger partial charge is 0.0166 e. The van der Waals surface area contributed by atoms with Gasteiger partial charge in [0, 0.05) is 18.6 Å². The van der Waals surface area contributed by atoms with Crippen LogP contribution in [0.3, 0.4) is 0 Å². The number of rotatable bonds is 2. The maximum Gasteiger partial charge on any atom is 0.0166 e. The molecule has 1 aliphatic heterocycles. The second-order valence-corrected chi connectivity index (χ2v) is 6.46. The third kappa shape index (κ3) is 3.45. The number of nitrogens with zero attached hydrogens (tertiary/aromatic N) is 1. The topological polar surface area (TPSA) is 15.3 Å². The number of hydrogen-bond acceptors (Lipinski definition) is 2. The average molecular weight is 238 g/mol. The van der Waals surface area contributed by atoms with E-state index in [2.05, 4.69) is 31.0 Å². The van der Waals surface area contributed by atoms with Crippen LogP contribution in [0, 0.1) is 11.8 Å². The lowest BCUT2D eigenvalue weighted by molar-refractivity contribution is 0.0784. The molecule has 1 aliphatic carbocycles. The molecule has 2 heteroatoms. The Labute approximate surface area is 107 Å². The van der Waals surface area contributed by atoms with Gasteiger partial charge in [0.05, 0.1) is 0 Å². The summed E-state index contributed by atoms with van der Waals surface area (Å²) in [4.78, 5) is 2.80. The molecule has 100 valence electrons. The second kappa shape index (κ2) is 6.19. The molecule has 2 rings (SSSR count). The third-order valence-electron chi connectivity index (χ3n) is 4.73. The highest BCUT2D eigenvalue weighted by Gasteiger charge is 2.32. The van der Waals surface area contributed by atoms with Crippen LogP contribution in [0.25, 0.3) is 0 Å². The molecular formula is C15H30N2. The normalized spacial score (nSPS) is 37.1. The van der Waals surface area contributed by atoms with Gasteiger partial charge in [-0.15, -0.1) is 0 Å². The van der Waals surface area contributed by atoms with E-state index in [0.29, 0.717) is 6.04 Å². The molecule has 1 saturated heterocycles. The van der Waals surface area contributed by atoms with Crippen LogP contribution in [-0.4, -0.2) is 36.6 Å². The van der Waals surface area contributed by atoms with E-state index in [9.17, 15) is 0 Å². The first-order valence-electron chi connectivity index (χ1n) is 7.66. The van der Waals surface area contributed by atoms with Crippen LogP contribution in [0.15, 0.2) is 0 Å². The summed E-state index contributed by atoms with van der Waals surface area (Å²) >= 11 is 0. The summed E-state index contributed by atoms with van der Waals surface area (Å²) in [6.07, 6.45) is 7.13. The molecule has 0 aromatic carbocycles. The average Bonchev–Trinajstić information content (AvgIpc) is 2.54. The molecule has 1 N–H and O–H groups in total. The van der Waals surface area contributed by atoms with Crippen LogP contribution in [0.5, 0.6) is 0 Å². The van der Waals surface area contributed by atoms with Gasteiger partial charge in [-0.2, -0.15) is 0 Å². The van der Waals surface area contributed by atoms with Crippen LogP contribution in [0.2, 0.25) is 0 Å². The molecule has 0 radical (unpaired) electrons. The van der Waals surface area contributed by atoms with Crippen molar-refractivity contribution in [2.75, 3.05) is 19.6 Å². The van der Waals surface area contributed by atoms with E-state index in [1.807, 2.05) is 0 Å². The van der Waals surface area contributed by atoms with Crippen molar-refractivity contribution in [3.8, 4) is 0 Å². The summed E-state index contributed by atoms with van der Waals surface area (Å²) in [6.45, 7) is 11.0. The molecule has 0 aromatic rings. The minimum Gasteiger partial charge on any atom is -0.313 e. The highest BCUT2D eigenvalue weighted by Crippen LogP contribution is 2.33. The predicted molar refractivity (Wildman–Crippen MR) is 74.2 cm³/mol. The van der Waals surface area contributed by atoms with Gasteiger partial charge >= 0.3 is 0 Å². The van der Waals surface area contributed by atoms with Gasteiger partial charge in [0.25, 0.3) is 0 Å². The van der Waals surface area contributed by atoms with E-state index in [0.717, 1.165) is 17.9 Å². The van der Waals surface area contributed by atoms with Crippen molar-refractivity contribution < 1.29 is 0 Å². The molecule has 1 saturated carbocycles. The zero-order valence-corrected chi connectivity index (χ0v) is 11.9. The molecule has 0 aromatic heterocycles. The molecule has 1 heterocycles. The molecule has 2 nitrogen and oxygen atoms in total. The molecule has 0 spiro atoms. The monoisotopic (exact) mass is 238 g/mol. The molecule has 0 amide bonds. The van der Waals surface area contributed by atoms with E-state index < -0.39 is 0 Å². The Morgan fingerprint density at radius 1 is 1.12 bits per heavy atom. The summed E-state index contributed by atoms with van der Waals surface area (Å²) in [7, 11) is 0. The quantitative estimate of drug-likeness (QED) is 0.796. The van der Waals surface area contributed by atoms with Gasteiger partial charge < -0.3 is 5.32 Å². The van der Waals surface area contributed by atoms with Gasteiger partial charge in [0.1, 0.15) is 0 Å². The summed E-state index contributed by atoms with van der Waals surface area (Å²) in [5.74, 6) is 1.79. The lowest BCUT2D eigenvalue weighted by atomic mass is 9.77. The fraction of sp³-hybridized carbons (Fsp3) is 1.00. The Bertz CT molecular complexity index is 227. The SMILES string of the molecule is CC1CN(C2CCCCC2C(C)C)CCCN1. The lowest BCUT2D eigenvalue weighted by Gasteiger charge is -2.42. The van der Waals surface area contributed by atoms with Crippen LogP contribution in [0.4, 0.5) is 0 Å². The highest BCUT2D eigenvalue weighted by atomic mass is 15.2. The third-order valence-corrected chi connectivity index (χ3v) is 4.73. The van der Waals surface area contributed by atoms with Crippen molar-refractivity contribution in [1.82, 2.24) is 10.2 Å². The highest BCUT2D eigenvalue weighted by molar-refractivity contribution is 4.87. The Morgan fingerprint density at radius 3 is 2.65 bits per heavy atom. The minimum atomic E-state index is 0.673. The summed E-state index contributed by atoms with van der Waals surface area (Å²) in [5, 5.41) is 3.62. The zero-order valence-electron chi connectivity index (χ0n) is 11.9. The van der Waals surface area contributed by atoms with Gasteiger partial charge in [-0.25, -0.2) is 0 Å². The van der Waals surface area contributed by atoms with Crippen molar-refractivity contribution in [2.45, 2.75) is 65.0 Å². The first kappa shape index (κ1) is 13.4. The Kier molecular flexibility index (Phi) is 4.87. The maximum atomic E-state index is 3.62. The van der Waals surface area contributed by atoms with Crippen molar-refractivity contribution in [2.24, 2.45) is 11.8 Å². The maximum absolute atomic E-state index is 3.62. The Morgan fingerprint density at radius 2 is 1.88 bits per heavy atom. The van der Waals surface area contributed by atoms with Gasteiger partial charge in [-0.05, 0) is 51.1 Å². The largest absolute Gasteiger partial charge is 0.313 e. The predicted octanol–water partition coefficient (Wildman–Crippen LogP) is 2.89. The van der Waals surface area contributed by atoms with Crippen LogP contribution in [0.1, 0.15) is 52.9 Å². The van der Waals surface area contributed by atoms with E-state index in [-0.39, 0.29) is 0 Å². The van der Waals surface area contributed by atoms with Crippen LogP contribution in [-0.2, 0) is 0 Å². The number of hydrogen-bond donors (Lipinski definition) is 1. The summed E-state index contributed by atoms with van der Waals surface area (Å²) in [5.41, 5.74) is 0. The number of nitrogens with one attached hydrogen (secondary N) is 1. The first-order chi connectivity index (χ1) is 8.18. The molecule has 0 bridgehead atoms. The van der Waals surface area contributed by atoms with Crippen molar-refractivity contribution >= 4 is 0 Å². The standard InChI is InChI=1S/C15H30N2/c1-12(2)14-7-4-5-8-15(14)17-10-6-9-16-13(3)11-17/h12-16H,4-11H2,1-3H3. The van der Waals surface area contributed by atoms with Gasteiger partial charge in [0.15, 0.2) is 0 Å². The van der Waals surface area contributed by atoms with E-state index in [4.69, 9.17) is 0 Å². The fourth-order valence-electron chi connectivity index (χ4n) is 3.81. The second-order valence-electron chi connectivity index (χ2n) is 6.46. The fourth-order valence-corrected chi connectivity index (χ4v) is 3.81. The molecule has 3 unspecified atom stereocenters. The molecule has 2 aliphatic rings. The molecule has 17 heavy (non-hydrogen) atoms. The van der Waals surface area contributed by atoms with Gasteiger partial charge in [0.2, 0.25) is 0 Å². The Balaban J connectivity index is 2.01. The minimum absolute atomic E-state index is 0.673. The molecule has 3 atom stereocenters. The summed E-state index contributed by atoms with van der Waals surface area (Å²) < 4.78 is 0. The van der Waals surface area contributed by atoms with E-state index >= 15 is 0 Å². The van der Waals surface area contributed by atoms with Crippen LogP contribution < -0.4 is 5.32 Å². The van der Waals surface area contributed by atoms with E-state index in [1.165, 1.54) is 51.7 Å². The first-order valence-corrected chi connectivity index (χ1v) is 7.66.